The molecule has 0 aromatic rings. The van der Waals surface area contributed by atoms with E-state index in [-0.39, 0.29) is 24.0 Å². The summed E-state index contributed by atoms with van der Waals surface area (Å²) < 4.78 is 5.35. The van der Waals surface area contributed by atoms with Gasteiger partial charge in [0.1, 0.15) is 6.61 Å². The van der Waals surface area contributed by atoms with Gasteiger partial charge in [0.15, 0.2) is 5.78 Å². The van der Waals surface area contributed by atoms with Gasteiger partial charge in [0.2, 0.25) is 0 Å². The Balaban J connectivity index is 2.48. The van der Waals surface area contributed by atoms with Crippen LogP contribution in [0.5, 0.6) is 0 Å². The van der Waals surface area contributed by atoms with E-state index in [9.17, 15) is 4.79 Å². The van der Waals surface area contributed by atoms with Crippen LogP contribution in [0, 0.1) is 0 Å². The summed E-state index contributed by atoms with van der Waals surface area (Å²) in [5, 5.41) is 3.31. The summed E-state index contributed by atoms with van der Waals surface area (Å²) in [7, 11) is 0. The highest BCUT2D eigenvalue weighted by molar-refractivity contribution is 5.89. The Labute approximate surface area is 86.2 Å². The van der Waals surface area contributed by atoms with E-state index in [4.69, 9.17) is 4.74 Å². The second-order valence-electron chi connectivity index (χ2n) is 4.25. The molecule has 1 saturated heterocycles. The molecule has 1 atom stereocenters. The third-order valence-electron chi connectivity index (χ3n) is 2.93. The second-order valence-corrected chi connectivity index (χ2v) is 4.25. The SMILES string of the molecule is CCC1(C(=O)COC(C)C)CCCN1. The van der Waals surface area contributed by atoms with Gasteiger partial charge in [-0.25, -0.2) is 0 Å². The van der Waals surface area contributed by atoms with Gasteiger partial charge in [-0.15, -0.1) is 0 Å². The summed E-state index contributed by atoms with van der Waals surface area (Å²) in [6.45, 7) is 7.17. The zero-order valence-corrected chi connectivity index (χ0v) is 9.43. The molecule has 3 heteroatoms. The van der Waals surface area contributed by atoms with Crippen molar-refractivity contribution in [2.75, 3.05) is 13.2 Å². The largest absolute Gasteiger partial charge is 0.371 e. The number of ether oxygens (including phenoxy) is 1. The molecule has 82 valence electrons. The van der Waals surface area contributed by atoms with Gasteiger partial charge in [0.05, 0.1) is 11.6 Å². The van der Waals surface area contributed by atoms with Gasteiger partial charge >= 0.3 is 0 Å². The molecule has 1 aliphatic heterocycles. The van der Waals surface area contributed by atoms with Crippen LogP contribution in [0.3, 0.4) is 0 Å². The third-order valence-corrected chi connectivity index (χ3v) is 2.93. The van der Waals surface area contributed by atoms with Crippen LogP contribution in [0.1, 0.15) is 40.0 Å². The number of hydrogen-bond donors (Lipinski definition) is 1. The molecule has 0 bridgehead atoms. The number of Topliss-reactive ketones (excluding diaryl/α,β-unsaturated/α-hetero) is 1. The van der Waals surface area contributed by atoms with Crippen molar-refractivity contribution >= 4 is 5.78 Å². The van der Waals surface area contributed by atoms with Gasteiger partial charge in [0, 0.05) is 0 Å². The zero-order valence-electron chi connectivity index (χ0n) is 9.43. The first-order chi connectivity index (χ1) is 6.60. The smallest absolute Gasteiger partial charge is 0.178 e. The maximum absolute atomic E-state index is 11.9. The van der Waals surface area contributed by atoms with Gasteiger partial charge in [-0.05, 0) is 39.7 Å². The molecule has 0 radical (unpaired) electrons. The van der Waals surface area contributed by atoms with Crippen molar-refractivity contribution < 1.29 is 9.53 Å². The van der Waals surface area contributed by atoms with Crippen LogP contribution in [-0.4, -0.2) is 30.6 Å². The van der Waals surface area contributed by atoms with Crippen molar-refractivity contribution in [2.24, 2.45) is 0 Å². The zero-order chi connectivity index (χ0) is 10.6. The predicted molar refractivity (Wildman–Crippen MR) is 56.4 cm³/mol. The summed E-state index contributed by atoms with van der Waals surface area (Å²) in [6.07, 6.45) is 3.06. The topological polar surface area (TPSA) is 38.3 Å². The standard InChI is InChI=1S/C11H21NO2/c1-4-11(6-5-7-12-11)10(13)8-14-9(2)3/h9,12H,4-8H2,1-3H3. The molecular formula is C11H21NO2. The summed E-state index contributed by atoms with van der Waals surface area (Å²) >= 11 is 0. The number of carbonyl (C=O) groups excluding carboxylic acids is 1. The summed E-state index contributed by atoms with van der Waals surface area (Å²) in [6, 6.07) is 0. The van der Waals surface area contributed by atoms with E-state index in [0.717, 1.165) is 25.8 Å². The molecule has 0 aromatic heterocycles. The number of ketones is 1. The lowest BCUT2D eigenvalue weighted by atomic mass is 9.89. The first-order valence-corrected chi connectivity index (χ1v) is 5.50. The maximum Gasteiger partial charge on any atom is 0.178 e. The summed E-state index contributed by atoms with van der Waals surface area (Å²) in [5.41, 5.74) is -0.283. The van der Waals surface area contributed by atoms with E-state index in [2.05, 4.69) is 12.2 Å². The molecule has 14 heavy (non-hydrogen) atoms. The maximum atomic E-state index is 11.9. The Morgan fingerprint density at radius 3 is 2.71 bits per heavy atom. The fourth-order valence-electron chi connectivity index (χ4n) is 1.92. The third kappa shape index (κ3) is 2.55. The molecule has 1 unspecified atom stereocenters. The van der Waals surface area contributed by atoms with E-state index in [1.54, 1.807) is 0 Å². The monoisotopic (exact) mass is 199 g/mol. The highest BCUT2D eigenvalue weighted by Crippen LogP contribution is 2.24. The molecule has 0 amide bonds. The van der Waals surface area contributed by atoms with Gasteiger partial charge in [-0.2, -0.15) is 0 Å². The number of hydrogen-bond acceptors (Lipinski definition) is 3. The van der Waals surface area contributed by atoms with Gasteiger partial charge in [-0.1, -0.05) is 6.92 Å². The Kier molecular flexibility index (Phi) is 4.08. The first-order valence-electron chi connectivity index (χ1n) is 5.50. The van der Waals surface area contributed by atoms with Crippen molar-refractivity contribution in [3.8, 4) is 0 Å². The molecule has 1 aliphatic rings. The van der Waals surface area contributed by atoms with Crippen molar-refractivity contribution in [3.63, 3.8) is 0 Å². The first kappa shape index (κ1) is 11.7. The van der Waals surface area contributed by atoms with E-state index in [0.29, 0.717) is 0 Å². The van der Waals surface area contributed by atoms with Crippen LogP contribution >= 0.6 is 0 Å². The average Bonchev–Trinajstić information content (AvgIpc) is 2.63. The van der Waals surface area contributed by atoms with Crippen LogP contribution in [0.4, 0.5) is 0 Å². The van der Waals surface area contributed by atoms with Crippen LogP contribution < -0.4 is 5.32 Å². The van der Waals surface area contributed by atoms with Crippen LogP contribution in [0.25, 0.3) is 0 Å². The van der Waals surface area contributed by atoms with Crippen molar-refractivity contribution in [3.05, 3.63) is 0 Å². The van der Waals surface area contributed by atoms with Crippen LogP contribution in [-0.2, 0) is 9.53 Å². The molecule has 0 spiro atoms. The van der Waals surface area contributed by atoms with Crippen molar-refractivity contribution in [1.82, 2.24) is 5.32 Å². The van der Waals surface area contributed by atoms with E-state index in [1.165, 1.54) is 0 Å². The fourth-order valence-corrected chi connectivity index (χ4v) is 1.92. The Morgan fingerprint density at radius 1 is 1.57 bits per heavy atom. The highest BCUT2D eigenvalue weighted by atomic mass is 16.5. The van der Waals surface area contributed by atoms with Gasteiger partial charge < -0.3 is 10.1 Å². The second kappa shape index (κ2) is 4.89. The molecule has 3 nitrogen and oxygen atoms in total. The summed E-state index contributed by atoms with van der Waals surface area (Å²) in [4.78, 5) is 11.9. The lowest BCUT2D eigenvalue weighted by Crippen LogP contribution is -2.49. The fraction of sp³-hybridized carbons (Fsp3) is 0.909. The van der Waals surface area contributed by atoms with Gasteiger partial charge in [-0.3, -0.25) is 4.79 Å². The molecule has 1 N–H and O–H groups in total. The Hall–Kier alpha value is -0.410. The quantitative estimate of drug-likeness (QED) is 0.729. The highest BCUT2D eigenvalue weighted by Gasteiger charge is 2.38. The number of carbonyl (C=O) groups is 1. The van der Waals surface area contributed by atoms with Crippen molar-refractivity contribution in [2.45, 2.75) is 51.7 Å². The normalized spacial score (nSPS) is 27.1. The molecular weight excluding hydrogens is 178 g/mol. The van der Waals surface area contributed by atoms with Gasteiger partial charge in [0.25, 0.3) is 0 Å². The van der Waals surface area contributed by atoms with Crippen molar-refractivity contribution in [1.29, 1.82) is 0 Å². The summed E-state index contributed by atoms with van der Waals surface area (Å²) in [5.74, 6) is 0.214. The number of rotatable bonds is 5. The molecule has 0 saturated carbocycles. The molecule has 0 aromatic carbocycles. The number of nitrogens with one attached hydrogen (secondary N) is 1. The minimum Gasteiger partial charge on any atom is -0.371 e. The Morgan fingerprint density at radius 2 is 2.29 bits per heavy atom. The lowest BCUT2D eigenvalue weighted by Gasteiger charge is -2.26. The van der Waals surface area contributed by atoms with Crippen LogP contribution in [0.15, 0.2) is 0 Å². The van der Waals surface area contributed by atoms with E-state index in [1.807, 2.05) is 13.8 Å². The molecule has 0 aliphatic carbocycles. The Bertz CT molecular complexity index is 195. The minimum absolute atomic E-state index is 0.134. The predicted octanol–water partition coefficient (Wildman–Crippen LogP) is 1.51. The molecule has 1 fully saturated rings. The van der Waals surface area contributed by atoms with Crippen LogP contribution in [0.2, 0.25) is 0 Å². The lowest BCUT2D eigenvalue weighted by molar-refractivity contribution is -0.131. The van der Waals surface area contributed by atoms with E-state index >= 15 is 0 Å². The average molecular weight is 199 g/mol. The molecule has 1 rings (SSSR count). The van der Waals surface area contributed by atoms with E-state index < -0.39 is 0 Å². The molecule has 1 heterocycles. The minimum atomic E-state index is -0.283.